The van der Waals surface area contributed by atoms with Crippen LogP contribution in [0.15, 0.2) is 12.2 Å². The quantitative estimate of drug-likeness (QED) is 0.125. The normalized spacial score (nSPS) is 10.5. The number of rotatable bonds is 15. The maximum Gasteiger partial charge on any atom is 2.00 e. The molecule has 0 saturated carbocycles. The van der Waals surface area contributed by atoms with Gasteiger partial charge in [-0.3, -0.25) is 4.79 Å². The van der Waals surface area contributed by atoms with Gasteiger partial charge < -0.3 is 12.7 Å². The summed E-state index contributed by atoms with van der Waals surface area (Å²) in [5, 5.41) is 8.26. The average Bonchev–Trinajstić information content (AvgIpc) is 2.50. The molecule has 0 amide bonds. The van der Waals surface area contributed by atoms with Crippen molar-refractivity contribution < 1.29 is 22.3 Å². The summed E-state index contributed by atoms with van der Waals surface area (Å²) in [7, 11) is 0. The predicted octanol–water partition coefficient (Wildman–Crippen LogP) is 6.09. The molecule has 0 heterocycles. The second-order valence-corrected chi connectivity index (χ2v) is 6.07. The fourth-order valence-corrected chi connectivity index (χ4v) is 2.49. The van der Waals surface area contributed by atoms with E-state index in [1.54, 1.807) is 0 Å². The van der Waals surface area contributed by atoms with Gasteiger partial charge in [0.1, 0.15) is 0 Å². The molecule has 0 aromatic carbocycles. The zero-order valence-electron chi connectivity index (χ0n) is 17.4. The average molecular weight is 369 g/mol. The number of hydrogen-bond acceptors (Lipinski definition) is 3. The van der Waals surface area contributed by atoms with Gasteiger partial charge in [0, 0.05) is 6.42 Å². The van der Waals surface area contributed by atoms with Crippen LogP contribution < -0.4 is 0 Å². The van der Waals surface area contributed by atoms with E-state index >= 15 is 0 Å². The van der Waals surface area contributed by atoms with Gasteiger partial charge in [0.15, 0.2) is 0 Å². The minimum absolute atomic E-state index is 0. The molecule has 0 aromatic heterocycles. The van der Waals surface area contributed by atoms with Crippen molar-refractivity contribution in [2.24, 2.45) is 0 Å². The molecule has 1 N–H and O–H groups in total. The van der Waals surface area contributed by atoms with Crippen molar-refractivity contribution in [2.75, 3.05) is 0 Å². The smallest absolute Gasteiger partial charge is 1.00 e. The van der Waals surface area contributed by atoms with Crippen molar-refractivity contribution in [3.63, 3.8) is 0 Å². The Morgan fingerprint density at radius 1 is 0.833 bits per heavy atom. The van der Waals surface area contributed by atoms with Crippen molar-refractivity contribution in [3.05, 3.63) is 12.2 Å². The Balaban J connectivity index is -0.000000807. The molecule has 138 valence electrons. The Morgan fingerprint density at radius 3 is 1.79 bits per heavy atom. The summed E-state index contributed by atoms with van der Waals surface area (Å²) in [5.74, 6) is -0.643. The molecule has 0 unspecified atom stereocenters. The third-order valence-corrected chi connectivity index (χ3v) is 3.84. The molecule has 0 rings (SSSR count). The van der Waals surface area contributed by atoms with Gasteiger partial charge in [-0.1, -0.05) is 70.4 Å². The van der Waals surface area contributed by atoms with Crippen molar-refractivity contribution in [3.8, 4) is 0 Å². The van der Waals surface area contributed by atoms with E-state index in [-0.39, 0.29) is 47.0 Å². The molecule has 0 spiro atoms. The topological polar surface area (TPSA) is 63.6 Å². The van der Waals surface area contributed by atoms with E-state index < -0.39 is 12.1 Å². The van der Waals surface area contributed by atoms with Crippen LogP contribution in [0.3, 0.4) is 0 Å². The number of ether oxygens (including phenoxy) is 1. The molecule has 4 nitrogen and oxygen atoms in total. The summed E-state index contributed by atoms with van der Waals surface area (Å²) in [6, 6.07) is 0. The minimum atomic E-state index is -1.51. The summed E-state index contributed by atoms with van der Waals surface area (Å²) in [5.41, 5.74) is 0. The van der Waals surface area contributed by atoms with E-state index in [9.17, 15) is 9.59 Å². The number of unbranched alkanes of at least 4 members (excludes halogenated alkanes) is 11. The Kier molecular flexibility index (Phi) is 22.9. The van der Waals surface area contributed by atoms with Crippen molar-refractivity contribution >= 4 is 49.9 Å². The first kappa shape index (κ1) is 26.2. The Morgan fingerprint density at radius 2 is 1.29 bits per heavy atom. The second kappa shape index (κ2) is 21.0. The van der Waals surface area contributed by atoms with Gasteiger partial charge >= 0.3 is 49.9 Å². The molecule has 24 heavy (non-hydrogen) atoms. The van der Waals surface area contributed by atoms with Crippen molar-refractivity contribution in [2.45, 2.75) is 96.8 Å². The molecule has 0 radical (unpaired) electrons. The van der Waals surface area contributed by atoms with Crippen LogP contribution in [0.1, 0.15) is 99.7 Å². The van der Waals surface area contributed by atoms with Crippen LogP contribution in [-0.4, -0.2) is 55.0 Å². The van der Waals surface area contributed by atoms with Gasteiger partial charge in [0.25, 0.3) is 0 Å². The Bertz CT molecular complexity index is 340. The van der Waals surface area contributed by atoms with Gasteiger partial charge in [0.05, 0.1) is 0 Å². The van der Waals surface area contributed by atoms with Gasteiger partial charge in [-0.25, -0.2) is 4.79 Å². The van der Waals surface area contributed by atoms with E-state index in [0.717, 1.165) is 25.7 Å². The molecule has 0 fully saturated rings. The van der Waals surface area contributed by atoms with Crippen LogP contribution >= 0.6 is 0 Å². The summed E-state index contributed by atoms with van der Waals surface area (Å²) in [6.45, 7) is 2.25. The monoisotopic (exact) mass is 368 g/mol. The first-order chi connectivity index (χ1) is 11.2. The maximum absolute atomic E-state index is 11.0. The Hall–Kier alpha value is -0.0603. The van der Waals surface area contributed by atoms with Crippen molar-refractivity contribution in [1.29, 1.82) is 0 Å². The summed E-state index contributed by atoms with van der Waals surface area (Å²) >= 11 is 0. The van der Waals surface area contributed by atoms with Crippen LogP contribution in [0, 0.1) is 0 Å². The molecule has 0 bridgehead atoms. The number of allylic oxidation sites excluding steroid dienone is 2. The van der Waals surface area contributed by atoms with E-state index in [4.69, 9.17) is 5.11 Å². The summed E-state index contributed by atoms with van der Waals surface area (Å²) in [4.78, 5) is 21.1. The van der Waals surface area contributed by atoms with E-state index in [0.29, 0.717) is 6.42 Å². The first-order valence-corrected chi connectivity index (χ1v) is 9.25. The van der Waals surface area contributed by atoms with Gasteiger partial charge in [-0.05, 0) is 32.1 Å². The largest absolute Gasteiger partial charge is 2.00 e. The van der Waals surface area contributed by atoms with Gasteiger partial charge in [-0.15, -0.1) is 0 Å². The van der Waals surface area contributed by atoms with Crippen LogP contribution in [0.5, 0.6) is 0 Å². The van der Waals surface area contributed by atoms with E-state index in [1.165, 1.54) is 51.4 Å². The minimum Gasteiger partial charge on any atom is -1.00 e. The van der Waals surface area contributed by atoms with Crippen molar-refractivity contribution in [1.82, 2.24) is 0 Å². The Labute approximate surface area is 180 Å². The fourth-order valence-electron chi connectivity index (χ4n) is 2.49. The number of carboxylic acid groups (broad SMARTS) is 1. The summed E-state index contributed by atoms with van der Waals surface area (Å²) in [6.07, 6.45) is 18.8. The standard InChI is InChI=1S/C19H34O4.Ca.2H/c1-2-3-4-5-6-7-8-9-10-11-12-13-14-15-16-17-18(20)23-19(21)22;;;/h9-10H,2-8,11-17H2,1H3,(H,21,22);;;/q;+2;2*-1/b10-9-;;;. The first-order valence-electron chi connectivity index (χ1n) is 9.25. The third kappa shape index (κ3) is 21.9. The van der Waals surface area contributed by atoms with Crippen LogP contribution in [-0.2, 0) is 9.53 Å². The number of carbonyl (C=O) groups excluding carboxylic acids is 1. The van der Waals surface area contributed by atoms with Gasteiger partial charge in [0.2, 0.25) is 0 Å². The van der Waals surface area contributed by atoms with E-state index in [1.807, 2.05) is 0 Å². The molecule has 0 aliphatic carbocycles. The van der Waals surface area contributed by atoms with E-state index in [2.05, 4.69) is 23.8 Å². The second-order valence-electron chi connectivity index (χ2n) is 6.07. The zero-order chi connectivity index (χ0) is 17.2. The van der Waals surface area contributed by atoms with Gasteiger partial charge in [-0.2, -0.15) is 0 Å². The zero-order valence-corrected chi connectivity index (χ0v) is 17.6. The third-order valence-electron chi connectivity index (χ3n) is 3.84. The molecular formula is C19H36CaO4. The molecule has 5 heteroatoms. The number of esters is 1. The van der Waals surface area contributed by atoms with Crippen LogP contribution in [0.2, 0.25) is 0 Å². The van der Waals surface area contributed by atoms with Crippen LogP contribution in [0.4, 0.5) is 4.79 Å². The molecule has 0 saturated heterocycles. The summed E-state index contributed by atoms with van der Waals surface area (Å²) < 4.78 is 4.04. The predicted molar refractivity (Wildman–Crippen MR) is 102 cm³/mol. The molecule has 0 aliphatic heterocycles. The molecule has 0 atom stereocenters. The number of carbonyl (C=O) groups is 2. The SMILES string of the molecule is CCCCCCCC/C=C\CCCCCCCC(=O)OC(=O)O.[Ca+2].[H-].[H-]. The molecular weight excluding hydrogens is 332 g/mol. The number of hydrogen-bond donors (Lipinski definition) is 1. The molecule has 0 aromatic rings. The fraction of sp³-hybridized carbons (Fsp3) is 0.789. The molecule has 0 aliphatic rings. The van der Waals surface area contributed by atoms with Crippen LogP contribution in [0.25, 0.3) is 0 Å². The maximum atomic E-state index is 11.0.